The van der Waals surface area contributed by atoms with Crippen LogP contribution in [0, 0.1) is 0 Å². The smallest absolute Gasteiger partial charge is 0.328 e. The summed E-state index contributed by atoms with van der Waals surface area (Å²) in [6.45, 7) is 1.46. The van der Waals surface area contributed by atoms with Crippen molar-refractivity contribution in [1.82, 2.24) is 15.3 Å². The zero-order chi connectivity index (χ0) is 24.0. The van der Waals surface area contributed by atoms with Crippen molar-refractivity contribution in [2.75, 3.05) is 7.11 Å². The Bertz CT molecular complexity index is 1170. The maximum atomic E-state index is 12.3. The molecule has 0 aliphatic heterocycles. The van der Waals surface area contributed by atoms with Gasteiger partial charge in [-0.2, -0.15) is 0 Å². The van der Waals surface area contributed by atoms with Crippen LogP contribution in [0.2, 0.25) is 5.02 Å². The van der Waals surface area contributed by atoms with Gasteiger partial charge in [-0.25, -0.2) is 14.8 Å². The van der Waals surface area contributed by atoms with Gasteiger partial charge in [-0.05, 0) is 49.4 Å². The maximum Gasteiger partial charge on any atom is 0.328 e. The van der Waals surface area contributed by atoms with Gasteiger partial charge in [0.25, 0.3) is 5.91 Å². The summed E-state index contributed by atoms with van der Waals surface area (Å²) < 4.78 is 15.8. The fourth-order valence-corrected chi connectivity index (χ4v) is 2.95. The molecule has 2 aromatic carbocycles. The Morgan fingerprint density at radius 2 is 1.79 bits per heavy atom. The van der Waals surface area contributed by atoms with Gasteiger partial charge in [0, 0.05) is 5.02 Å². The number of ether oxygens (including phenoxy) is 3. The van der Waals surface area contributed by atoms with E-state index >= 15 is 0 Å². The highest BCUT2D eigenvalue weighted by atomic mass is 35.5. The minimum absolute atomic E-state index is 0.290. The Hall–Kier alpha value is -3.92. The standard InChI is InChI=1S/C22H20ClN3O7/c1-12(21(29)26-18(10-20(27)28)22(30)31-2)32-14-4-6-15(7-5-14)33-19-11-24-17-9-13(23)3-8-16(17)25-19/h3-9,11-12,18H,10H2,1-2H3,(H,26,29)(H,27,28)/t12?,18-/m0/s1. The first-order chi connectivity index (χ1) is 15.7. The minimum atomic E-state index is -1.32. The molecule has 0 saturated carbocycles. The number of hydrogen-bond acceptors (Lipinski definition) is 8. The molecule has 0 aliphatic rings. The zero-order valence-electron chi connectivity index (χ0n) is 17.6. The fourth-order valence-electron chi connectivity index (χ4n) is 2.78. The lowest BCUT2D eigenvalue weighted by molar-refractivity contribution is -0.150. The van der Waals surface area contributed by atoms with E-state index in [9.17, 15) is 14.4 Å². The summed E-state index contributed by atoms with van der Waals surface area (Å²) in [4.78, 5) is 43.5. The van der Waals surface area contributed by atoms with Gasteiger partial charge in [-0.1, -0.05) is 11.6 Å². The number of carboxylic acids is 1. The predicted molar refractivity (Wildman–Crippen MR) is 117 cm³/mol. The molecule has 0 bridgehead atoms. The highest BCUT2D eigenvalue weighted by Gasteiger charge is 2.27. The minimum Gasteiger partial charge on any atom is -0.481 e. The van der Waals surface area contributed by atoms with Crippen LogP contribution in [0.4, 0.5) is 0 Å². The molecule has 2 atom stereocenters. The topological polar surface area (TPSA) is 137 Å². The summed E-state index contributed by atoms with van der Waals surface area (Å²) >= 11 is 5.94. The van der Waals surface area contributed by atoms with Crippen LogP contribution in [0.5, 0.6) is 17.4 Å². The van der Waals surface area contributed by atoms with Crippen molar-refractivity contribution in [2.45, 2.75) is 25.5 Å². The molecule has 1 unspecified atom stereocenters. The Morgan fingerprint density at radius 1 is 1.09 bits per heavy atom. The molecule has 0 saturated heterocycles. The molecule has 33 heavy (non-hydrogen) atoms. The predicted octanol–water partition coefficient (Wildman–Crippen LogP) is 2.98. The Kier molecular flexibility index (Phi) is 7.62. The van der Waals surface area contributed by atoms with Gasteiger partial charge < -0.3 is 24.6 Å². The normalized spacial score (nSPS) is 12.5. The van der Waals surface area contributed by atoms with Gasteiger partial charge >= 0.3 is 11.9 Å². The summed E-state index contributed by atoms with van der Waals surface area (Å²) in [6, 6.07) is 10.2. The van der Waals surface area contributed by atoms with Gasteiger partial charge in [0.1, 0.15) is 17.5 Å². The average molecular weight is 474 g/mol. The van der Waals surface area contributed by atoms with E-state index in [0.717, 1.165) is 7.11 Å². The number of hydrogen-bond donors (Lipinski definition) is 2. The number of aliphatic carboxylic acids is 1. The number of amides is 1. The molecule has 0 spiro atoms. The fraction of sp³-hybridized carbons (Fsp3) is 0.227. The summed E-state index contributed by atoms with van der Waals surface area (Å²) in [6.07, 6.45) is -0.137. The highest BCUT2D eigenvalue weighted by Crippen LogP contribution is 2.25. The van der Waals surface area contributed by atoms with Crippen LogP contribution >= 0.6 is 11.6 Å². The quantitative estimate of drug-likeness (QED) is 0.449. The number of methoxy groups -OCH3 is 1. The van der Waals surface area contributed by atoms with E-state index in [2.05, 4.69) is 20.0 Å². The molecular formula is C22H20ClN3O7. The largest absolute Gasteiger partial charge is 0.481 e. The third kappa shape index (κ3) is 6.53. The lowest BCUT2D eigenvalue weighted by atomic mass is 10.2. The second-order valence-corrected chi connectivity index (χ2v) is 7.29. The van der Waals surface area contributed by atoms with Crippen molar-refractivity contribution >= 4 is 40.5 Å². The number of nitrogens with one attached hydrogen (secondary N) is 1. The van der Waals surface area contributed by atoms with Crippen molar-refractivity contribution in [1.29, 1.82) is 0 Å². The van der Waals surface area contributed by atoms with Gasteiger partial charge in [0.05, 0.1) is 30.8 Å². The zero-order valence-corrected chi connectivity index (χ0v) is 18.4. The number of fused-ring (bicyclic) bond motifs is 1. The van der Waals surface area contributed by atoms with Crippen molar-refractivity contribution in [3.63, 3.8) is 0 Å². The number of carbonyl (C=O) groups excluding carboxylic acids is 2. The maximum absolute atomic E-state index is 12.3. The molecule has 1 aromatic heterocycles. The molecular weight excluding hydrogens is 454 g/mol. The number of nitrogens with zero attached hydrogens (tertiary/aromatic N) is 2. The summed E-state index contributed by atoms with van der Waals surface area (Å²) in [7, 11) is 1.10. The third-order valence-electron chi connectivity index (χ3n) is 4.39. The molecule has 1 amide bonds. The van der Waals surface area contributed by atoms with Crippen LogP contribution in [0.15, 0.2) is 48.7 Å². The Labute approximate surface area is 193 Å². The lowest BCUT2D eigenvalue weighted by Gasteiger charge is -2.19. The molecule has 0 aliphatic carbocycles. The van der Waals surface area contributed by atoms with E-state index in [1.54, 1.807) is 42.5 Å². The van der Waals surface area contributed by atoms with E-state index in [0.29, 0.717) is 33.4 Å². The molecule has 10 nitrogen and oxygen atoms in total. The van der Waals surface area contributed by atoms with Crippen molar-refractivity contribution < 1.29 is 33.7 Å². The number of aromatic nitrogens is 2. The van der Waals surface area contributed by atoms with Crippen molar-refractivity contribution in [3.05, 3.63) is 53.7 Å². The molecule has 1 heterocycles. The average Bonchev–Trinajstić information content (AvgIpc) is 2.79. The van der Waals surface area contributed by atoms with Gasteiger partial charge in [-0.15, -0.1) is 0 Å². The first-order valence-corrected chi connectivity index (χ1v) is 10.1. The number of rotatable bonds is 9. The van der Waals surface area contributed by atoms with Crippen LogP contribution in [0.1, 0.15) is 13.3 Å². The molecule has 3 rings (SSSR count). The lowest BCUT2D eigenvalue weighted by Crippen LogP contribution is -2.47. The molecule has 3 aromatic rings. The van der Waals surface area contributed by atoms with Crippen molar-refractivity contribution in [2.24, 2.45) is 0 Å². The number of carboxylic acid groups (broad SMARTS) is 1. The van der Waals surface area contributed by atoms with E-state index in [1.165, 1.54) is 13.1 Å². The van der Waals surface area contributed by atoms with Gasteiger partial charge in [0.15, 0.2) is 6.10 Å². The van der Waals surface area contributed by atoms with E-state index < -0.39 is 36.4 Å². The number of esters is 1. The molecule has 0 radical (unpaired) electrons. The van der Waals surface area contributed by atoms with Crippen LogP contribution < -0.4 is 14.8 Å². The number of benzene rings is 2. The van der Waals surface area contributed by atoms with Crippen LogP contribution in [-0.4, -0.2) is 52.2 Å². The van der Waals surface area contributed by atoms with E-state index in [1.807, 2.05) is 0 Å². The van der Waals surface area contributed by atoms with Crippen LogP contribution in [0.3, 0.4) is 0 Å². The molecule has 2 N–H and O–H groups in total. The van der Waals surface area contributed by atoms with Crippen LogP contribution in [0.25, 0.3) is 11.0 Å². The second-order valence-electron chi connectivity index (χ2n) is 6.86. The Balaban J connectivity index is 1.60. The first-order valence-electron chi connectivity index (χ1n) is 9.72. The van der Waals surface area contributed by atoms with Gasteiger partial charge in [0.2, 0.25) is 5.88 Å². The summed E-state index contributed by atoms with van der Waals surface area (Å²) in [5.74, 6) is -1.67. The monoisotopic (exact) mass is 473 g/mol. The van der Waals surface area contributed by atoms with Crippen molar-refractivity contribution in [3.8, 4) is 17.4 Å². The Morgan fingerprint density at radius 3 is 2.45 bits per heavy atom. The molecule has 0 fully saturated rings. The molecule has 172 valence electrons. The molecule has 11 heteroatoms. The van der Waals surface area contributed by atoms with E-state index in [4.69, 9.17) is 26.2 Å². The SMILES string of the molecule is COC(=O)[C@H](CC(=O)O)NC(=O)C(C)Oc1ccc(Oc2cnc3cc(Cl)ccc3n2)cc1. The number of halogens is 1. The second kappa shape index (κ2) is 10.6. The number of carbonyl (C=O) groups is 3. The summed E-state index contributed by atoms with van der Waals surface area (Å²) in [5.41, 5.74) is 1.27. The van der Waals surface area contributed by atoms with Crippen LogP contribution in [-0.2, 0) is 19.1 Å². The van der Waals surface area contributed by atoms with E-state index in [-0.39, 0.29) is 0 Å². The third-order valence-corrected chi connectivity index (χ3v) is 4.63. The first kappa shape index (κ1) is 23.7. The highest BCUT2D eigenvalue weighted by molar-refractivity contribution is 6.31. The summed E-state index contributed by atoms with van der Waals surface area (Å²) in [5, 5.41) is 11.8. The van der Waals surface area contributed by atoms with Gasteiger partial charge in [-0.3, -0.25) is 9.59 Å².